The molecular weight excluding hydrogens is 216 g/mol. The van der Waals surface area contributed by atoms with Gasteiger partial charge in [-0.3, -0.25) is 0 Å². The van der Waals surface area contributed by atoms with Crippen LogP contribution in [-0.2, 0) is 0 Å². The molecule has 94 valence electrons. The summed E-state index contributed by atoms with van der Waals surface area (Å²) >= 11 is 0. The van der Waals surface area contributed by atoms with E-state index in [2.05, 4.69) is 44.0 Å². The minimum Gasteiger partial charge on any atom is -0.106 e. The Morgan fingerprint density at radius 3 is 2.11 bits per heavy atom. The molecule has 0 atom stereocenters. The van der Waals surface area contributed by atoms with Gasteiger partial charge in [-0.25, -0.2) is 0 Å². The molecule has 0 nitrogen and oxygen atoms in total. The van der Waals surface area contributed by atoms with Crippen LogP contribution >= 0.6 is 0 Å². The van der Waals surface area contributed by atoms with Crippen LogP contribution in [0.2, 0.25) is 0 Å². The topological polar surface area (TPSA) is 0 Å². The van der Waals surface area contributed by atoms with Crippen LogP contribution < -0.4 is 10.4 Å². The fourth-order valence-electron chi connectivity index (χ4n) is 1.44. The maximum Gasteiger partial charge on any atom is -0.0178 e. The molecule has 18 heavy (non-hydrogen) atoms. The Kier molecular flexibility index (Phi) is 8.93. The molecule has 1 aromatic rings. The first-order valence-electron chi connectivity index (χ1n) is 6.17. The predicted octanol–water partition coefficient (Wildman–Crippen LogP) is 3.76. The predicted molar refractivity (Wildman–Crippen MR) is 84.6 cm³/mol. The molecule has 0 aromatic heterocycles. The fraction of sp³-hybridized carbons (Fsp3) is 0.111. The Balaban J connectivity index is 0.000000659. The summed E-state index contributed by atoms with van der Waals surface area (Å²) in [6.07, 6.45) is 12.3. The van der Waals surface area contributed by atoms with Crippen molar-refractivity contribution >= 4 is 12.2 Å². The van der Waals surface area contributed by atoms with Crippen molar-refractivity contribution in [3.8, 4) is 0 Å². The summed E-state index contributed by atoms with van der Waals surface area (Å²) in [4.78, 5) is 0. The highest BCUT2D eigenvalue weighted by Gasteiger charge is 1.86. The largest absolute Gasteiger partial charge is 0.106 e. The molecule has 2 rings (SSSR count). The zero-order chi connectivity index (χ0) is 13.8. The summed E-state index contributed by atoms with van der Waals surface area (Å²) in [6.45, 7) is 14.0. The molecule has 0 saturated heterocycles. The van der Waals surface area contributed by atoms with E-state index in [4.69, 9.17) is 0 Å². The van der Waals surface area contributed by atoms with Crippen molar-refractivity contribution < 1.29 is 0 Å². The van der Waals surface area contributed by atoms with Crippen molar-refractivity contribution in [2.75, 3.05) is 0 Å². The van der Waals surface area contributed by atoms with E-state index in [1.807, 2.05) is 50.3 Å². The van der Waals surface area contributed by atoms with E-state index in [0.29, 0.717) is 0 Å². The smallest absolute Gasteiger partial charge is 0.0178 e. The average molecular weight is 238 g/mol. The third-order valence-electron chi connectivity index (χ3n) is 2.15. The van der Waals surface area contributed by atoms with Crippen molar-refractivity contribution in [3.63, 3.8) is 0 Å². The molecule has 0 heteroatoms. The van der Waals surface area contributed by atoms with Crippen LogP contribution in [0.3, 0.4) is 0 Å². The number of fused-ring (bicyclic) bond motifs is 1. The molecule has 0 aliphatic heterocycles. The lowest BCUT2D eigenvalue weighted by molar-refractivity contribution is 1.50. The van der Waals surface area contributed by atoms with Gasteiger partial charge in [0, 0.05) is 0 Å². The summed E-state index contributed by atoms with van der Waals surface area (Å²) < 4.78 is 0. The summed E-state index contributed by atoms with van der Waals surface area (Å²) in [5.74, 6) is 0. The maximum atomic E-state index is 3.97. The Bertz CT molecular complexity index is 527. The summed E-state index contributed by atoms with van der Waals surface area (Å²) in [5, 5.41) is 2.45. The lowest BCUT2D eigenvalue weighted by Gasteiger charge is -1.90. The SMILES string of the molecule is C=C.C=C1\C=C/C=C\C=c2\cccc\c2=C\1.CC. The van der Waals surface area contributed by atoms with Gasteiger partial charge in [0.25, 0.3) is 0 Å². The lowest BCUT2D eigenvalue weighted by atomic mass is 10.2. The lowest BCUT2D eigenvalue weighted by Crippen LogP contribution is -2.23. The molecule has 0 spiro atoms. The molecule has 0 bridgehead atoms. The van der Waals surface area contributed by atoms with Gasteiger partial charge in [0.15, 0.2) is 0 Å². The van der Waals surface area contributed by atoms with Crippen LogP contribution in [0.15, 0.2) is 73.9 Å². The van der Waals surface area contributed by atoms with Gasteiger partial charge in [0.1, 0.15) is 0 Å². The minimum absolute atomic E-state index is 1.03. The Morgan fingerprint density at radius 2 is 1.44 bits per heavy atom. The summed E-state index contributed by atoms with van der Waals surface area (Å²) in [5.41, 5.74) is 1.03. The van der Waals surface area contributed by atoms with E-state index >= 15 is 0 Å². The maximum absolute atomic E-state index is 3.97. The van der Waals surface area contributed by atoms with Gasteiger partial charge in [0.05, 0.1) is 0 Å². The highest BCUT2D eigenvalue weighted by molar-refractivity contribution is 5.54. The summed E-state index contributed by atoms with van der Waals surface area (Å²) in [6, 6.07) is 8.30. The first-order valence-corrected chi connectivity index (χ1v) is 6.17. The molecular formula is C18H22. The molecule has 1 aromatic carbocycles. The van der Waals surface area contributed by atoms with Gasteiger partial charge in [-0.1, -0.05) is 75.1 Å². The number of benzene rings is 1. The molecule has 0 amide bonds. The summed E-state index contributed by atoms with van der Waals surface area (Å²) in [7, 11) is 0. The van der Waals surface area contributed by atoms with Gasteiger partial charge < -0.3 is 0 Å². The van der Waals surface area contributed by atoms with Crippen molar-refractivity contribution in [1.82, 2.24) is 0 Å². The van der Waals surface area contributed by atoms with Crippen molar-refractivity contribution in [3.05, 3.63) is 84.3 Å². The molecule has 0 radical (unpaired) electrons. The first kappa shape index (κ1) is 15.9. The minimum atomic E-state index is 1.03. The van der Waals surface area contributed by atoms with E-state index in [0.717, 1.165) is 5.57 Å². The molecule has 0 unspecified atom stereocenters. The third-order valence-corrected chi connectivity index (χ3v) is 2.15. The van der Waals surface area contributed by atoms with Crippen LogP contribution in [0.4, 0.5) is 0 Å². The van der Waals surface area contributed by atoms with Gasteiger partial charge in [0.2, 0.25) is 0 Å². The van der Waals surface area contributed by atoms with Crippen LogP contribution in [0.5, 0.6) is 0 Å². The van der Waals surface area contributed by atoms with Crippen molar-refractivity contribution in [2.24, 2.45) is 0 Å². The van der Waals surface area contributed by atoms with Crippen LogP contribution in [0, 0.1) is 0 Å². The fourth-order valence-corrected chi connectivity index (χ4v) is 1.44. The number of hydrogen-bond acceptors (Lipinski definition) is 0. The zero-order valence-electron chi connectivity index (χ0n) is 11.4. The second-order valence-electron chi connectivity index (χ2n) is 3.26. The van der Waals surface area contributed by atoms with Crippen molar-refractivity contribution in [1.29, 1.82) is 0 Å². The van der Waals surface area contributed by atoms with Gasteiger partial charge in [-0.05, 0) is 22.1 Å². The molecule has 1 aliphatic rings. The molecule has 0 heterocycles. The van der Waals surface area contributed by atoms with Crippen LogP contribution in [0.25, 0.3) is 12.2 Å². The Labute approximate surface area is 111 Å². The van der Waals surface area contributed by atoms with E-state index in [-0.39, 0.29) is 0 Å². The molecule has 0 N–H and O–H groups in total. The van der Waals surface area contributed by atoms with E-state index < -0.39 is 0 Å². The van der Waals surface area contributed by atoms with E-state index in [9.17, 15) is 0 Å². The normalized spacial score (nSPS) is 19.1. The highest BCUT2D eigenvalue weighted by Crippen LogP contribution is 1.95. The quantitative estimate of drug-likeness (QED) is 0.604. The zero-order valence-corrected chi connectivity index (χ0v) is 11.4. The number of allylic oxidation sites excluding steroid dienone is 5. The van der Waals surface area contributed by atoms with Crippen molar-refractivity contribution in [2.45, 2.75) is 13.8 Å². The van der Waals surface area contributed by atoms with Crippen LogP contribution in [-0.4, -0.2) is 0 Å². The Hall–Kier alpha value is -2.08. The van der Waals surface area contributed by atoms with Gasteiger partial charge >= 0.3 is 0 Å². The second kappa shape index (κ2) is 10.1. The van der Waals surface area contributed by atoms with Crippen LogP contribution in [0.1, 0.15) is 13.8 Å². The second-order valence-corrected chi connectivity index (χ2v) is 3.26. The number of hydrogen-bond donors (Lipinski definition) is 0. The number of rotatable bonds is 0. The monoisotopic (exact) mass is 238 g/mol. The highest BCUT2D eigenvalue weighted by atomic mass is 13.9. The van der Waals surface area contributed by atoms with Gasteiger partial charge in [-0.2, -0.15) is 0 Å². The molecule has 1 aliphatic carbocycles. The molecule has 0 fully saturated rings. The Morgan fingerprint density at radius 1 is 0.833 bits per heavy atom. The standard InChI is InChI=1S/C14H12.C2H6.C2H4/c1-12-7-3-2-4-8-13-9-5-6-10-14(13)11-12;2*1-2/h2-11H,1H2;1-2H3;1-2H2/b4-2-,7-3-,13-8-,14-11-;;. The third kappa shape index (κ3) is 5.31. The van der Waals surface area contributed by atoms with E-state index in [1.54, 1.807) is 0 Å². The first-order chi connectivity index (χ1) is 8.86. The average Bonchev–Trinajstić information content (AvgIpc) is 2.53. The van der Waals surface area contributed by atoms with Gasteiger partial charge in [-0.15, -0.1) is 13.2 Å². The molecule has 0 saturated carbocycles. The van der Waals surface area contributed by atoms with E-state index in [1.165, 1.54) is 10.4 Å².